The van der Waals surface area contributed by atoms with Gasteiger partial charge in [-0.3, -0.25) is 4.79 Å². The highest BCUT2D eigenvalue weighted by atomic mass is 19.2. The lowest BCUT2D eigenvalue weighted by atomic mass is 10.1. The normalized spacial score (nSPS) is 12.9. The van der Waals surface area contributed by atoms with Crippen LogP contribution >= 0.6 is 0 Å². The molecular weight excluding hydrogens is 228 g/mol. The van der Waals surface area contributed by atoms with Gasteiger partial charge < -0.3 is 5.32 Å². The Hall–Kier alpha value is -1.82. The SMILES string of the molecule is CN[C@@H](C)c1n[nH]c(=O)c2cc(F)c(F)cc12. The molecule has 0 saturated carbocycles. The molecule has 0 bridgehead atoms. The Morgan fingerprint density at radius 2 is 1.88 bits per heavy atom. The topological polar surface area (TPSA) is 57.8 Å². The van der Waals surface area contributed by atoms with Gasteiger partial charge in [0.2, 0.25) is 0 Å². The van der Waals surface area contributed by atoms with Gasteiger partial charge in [0.25, 0.3) is 5.56 Å². The Morgan fingerprint density at radius 3 is 2.47 bits per heavy atom. The molecule has 0 spiro atoms. The lowest BCUT2D eigenvalue weighted by molar-refractivity contribution is 0.510. The number of nitrogens with one attached hydrogen (secondary N) is 2. The van der Waals surface area contributed by atoms with E-state index < -0.39 is 17.2 Å². The Labute approximate surface area is 95.7 Å². The first-order chi connectivity index (χ1) is 8.04. The molecule has 0 unspecified atom stereocenters. The standard InChI is InChI=1S/C11H11F2N3O/c1-5(14-2)10-6-3-8(12)9(13)4-7(6)11(17)16-15-10/h3-5,14H,1-2H3,(H,16,17)/t5-/m0/s1. The molecule has 0 amide bonds. The Bertz CT molecular complexity index is 624. The minimum absolute atomic E-state index is 0.0935. The number of aromatic amines is 1. The van der Waals surface area contributed by atoms with E-state index in [2.05, 4.69) is 15.5 Å². The molecule has 4 nitrogen and oxygen atoms in total. The van der Waals surface area contributed by atoms with Crippen molar-refractivity contribution in [1.82, 2.24) is 15.5 Å². The van der Waals surface area contributed by atoms with Gasteiger partial charge in [-0.1, -0.05) is 0 Å². The molecule has 2 N–H and O–H groups in total. The van der Waals surface area contributed by atoms with Crippen molar-refractivity contribution < 1.29 is 8.78 Å². The zero-order chi connectivity index (χ0) is 12.6. The van der Waals surface area contributed by atoms with E-state index in [1.807, 2.05) is 0 Å². The van der Waals surface area contributed by atoms with Crippen molar-refractivity contribution in [2.75, 3.05) is 7.05 Å². The number of rotatable bonds is 2. The van der Waals surface area contributed by atoms with E-state index in [0.717, 1.165) is 12.1 Å². The maximum Gasteiger partial charge on any atom is 0.272 e. The fraction of sp³-hybridized carbons (Fsp3) is 0.273. The van der Waals surface area contributed by atoms with Crippen LogP contribution < -0.4 is 10.9 Å². The number of nitrogens with zero attached hydrogens (tertiary/aromatic N) is 1. The molecule has 0 aliphatic carbocycles. The van der Waals surface area contributed by atoms with Crippen LogP contribution in [-0.2, 0) is 0 Å². The molecule has 0 aliphatic heterocycles. The molecule has 0 aliphatic rings. The van der Waals surface area contributed by atoms with Crippen LogP contribution in [0.3, 0.4) is 0 Å². The van der Waals surface area contributed by atoms with Crippen LogP contribution in [0.2, 0.25) is 0 Å². The fourth-order valence-electron chi connectivity index (χ4n) is 1.64. The minimum Gasteiger partial charge on any atom is -0.312 e. The van der Waals surface area contributed by atoms with Gasteiger partial charge in [0.05, 0.1) is 11.1 Å². The fourth-order valence-corrected chi connectivity index (χ4v) is 1.64. The number of halogens is 2. The van der Waals surface area contributed by atoms with Gasteiger partial charge in [0.15, 0.2) is 11.6 Å². The van der Waals surface area contributed by atoms with Crippen molar-refractivity contribution in [2.24, 2.45) is 0 Å². The summed E-state index contributed by atoms with van der Waals surface area (Å²) in [4.78, 5) is 11.5. The smallest absolute Gasteiger partial charge is 0.272 e. The summed E-state index contributed by atoms with van der Waals surface area (Å²) in [6.45, 7) is 1.81. The lowest BCUT2D eigenvalue weighted by Crippen LogP contribution is -2.19. The van der Waals surface area contributed by atoms with E-state index in [-0.39, 0.29) is 11.4 Å². The van der Waals surface area contributed by atoms with E-state index in [9.17, 15) is 13.6 Å². The predicted octanol–water partition coefficient (Wildman–Crippen LogP) is 1.48. The van der Waals surface area contributed by atoms with Crippen LogP contribution in [-0.4, -0.2) is 17.2 Å². The Kier molecular flexibility index (Phi) is 2.89. The zero-order valence-corrected chi connectivity index (χ0v) is 9.34. The molecule has 1 heterocycles. The monoisotopic (exact) mass is 239 g/mol. The predicted molar refractivity (Wildman–Crippen MR) is 59.8 cm³/mol. The largest absolute Gasteiger partial charge is 0.312 e. The summed E-state index contributed by atoms with van der Waals surface area (Å²) in [5.41, 5.74) is -0.0630. The third-order valence-corrected chi connectivity index (χ3v) is 2.70. The van der Waals surface area contributed by atoms with Gasteiger partial charge in [-0.15, -0.1) is 0 Å². The summed E-state index contributed by atoms with van der Waals surface area (Å²) in [5.74, 6) is -2.04. The first-order valence-corrected chi connectivity index (χ1v) is 5.09. The first kappa shape index (κ1) is 11.7. The average molecular weight is 239 g/mol. The molecule has 1 atom stereocenters. The summed E-state index contributed by atoms with van der Waals surface area (Å²) < 4.78 is 26.3. The molecule has 2 aromatic rings. The first-order valence-electron chi connectivity index (χ1n) is 5.09. The van der Waals surface area contributed by atoms with Gasteiger partial charge in [0, 0.05) is 11.4 Å². The number of fused-ring (bicyclic) bond motifs is 1. The molecular formula is C11H11F2N3O. The molecule has 1 aromatic heterocycles. The van der Waals surface area contributed by atoms with Crippen LogP contribution in [0.15, 0.2) is 16.9 Å². The molecule has 6 heteroatoms. The Balaban J connectivity index is 2.84. The van der Waals surface area contributed by atoms with E-state index in [1.54, 1.807) is 14.0 Å². The van der Waals surface area contributed by atoms with Gasteiger partial charge in [0.1, 0.15) is 0 Å². The third kappa shape index (κ3) is 1.91. The van der Waals surface area contributed by atoms with Crippen molar-refractivity contribution >= 4 is 10.8 Å². The van der Waals surface area contributed by atoms with Crippen LogP contribution in [0.5, 0.6) is 0 Å². The molecule has 1 aromatic carbocycles. The quantitative estimate of drug-likeness (QED) is 0.834. The van der Waals surface area contributed by atoms with Crippen molar-refractivity contribution in [3.63, 3.8) is 0 Å². The molecule has 90 valence electrons. The number of hydrogen-bond donors (Lipinski definition) is 2. The molecule has 0 fully saturated rings. The molecule has 2 rings (SSSR count). The number of benzene rings is 1. The lowest BCUT2D eigenvalue weighted by Gasteiger charge is -2.11. The molecule has 0 saturated heterocycles. The number of hydrogen-bond acceptors (Lipinski definition) is 3. The van der Waals surface area contributed by atoms with E-state index in [0.29, 0.717) is 11.1 Å². The molecule has 17 heavy (non-hydrogen) atoms. The van der Waals surface area contributed by atoms with Crippen molar-refractivity contribution in [3.8, 4) is 0 Å². The minimum atomic E-state index is -1.04. The van der Waals surface area contributed by atoms with Crippen molar-refractivity contribution in [3.05, 3.63) is 39.8 Å². The van der Waals surface area contributed by atoms with Gasteiger partial charge in [-0.25, -0.2) is 13.9 Å². The van der Waals surface area contributed by atoms with Gasteiger partial charge in [-0.05, 0) is 26.1 Å². The van der Waals surface area contributed by atoms with Gasteiger partial charge >= 0.3 is 0 Å². The molecule has 0 radical (unpaired) electrons. The van der Waals surface area contributed by atoms with Crippen LogP contribution in [0.4, 0.5) is 8.78 Å². The number of H-pyrrole nitrogens is 1. The second-order valence-corrected chi connectivity index (χ2v) is 3.76. The van der Waals surface area contributed by atoms with E-state index >= 15 is 0 Å². The maximum absolute atomic E-state index is 13.2. The summed E-state index contributed by atoms with van der Waals surface area (Å²) in [7, 11) is 1.71. The average Bonchev–Trinajstić information content (AvgIpc) is 2.31. The van der Waals surface area contributed by atoms with E-state index in [4.69, 9.17) is 0 Å². The second kappa shape index (κ2) is 4.21. The van der Waals surface area contributed by atoms with E-state index in [1.165, 1.54) is 0 Å². The summed E-state index contributed by atoms with van der Waals surface area (Å²) in [6, 6.07) is 1.70. The highest BCUT2D eigenvalue weighted by molar-refractivity contribution is 5.84. The van der Waals surface area contributed by atoms with Gasteiger partial charge in [-0.2, -0.15) is 5.10 Å². The van der Waals surface area contributed by atoms with Crippen LogP contribution in [0, 0.1) is 11.6 Å². The third-order valence-electron chi connectivity index (χ3n) is 2.70. The highest BCUT2D eigenvalue weighted by Gasteiger charge is 2.14. The van der Waals surface area contributed by atoms with Crippen LogP contribution in [0.1, 0.15) is 18.7 Å². The second-order valence-electron chi connectivity index (χ2n) is 3.76. The van der Waals surface area contributed by atoms with Crippen LogP contribution in [0.25, 0.3) is 10.8 Å². The summed E-state index contributed by atoms with van der Waals surface area (Å²) >= 11 is 0. The number of aromatic nitrogens is 2. The Morgan fingerprint density at radius 1 is 1.29 bits per heavy atom. The highest BCUT2D eigenvalue weighted by Crippen LogP contribution is 2.21. The summed E-state index contributed by atoms with van der Waals surface area (Å²) in [5, 5.41) is 9.46. The maximum atomic E-state index is 13.2. The summed E-state index contributed by atoms with van der Waals surface area (Å²) in [6.07, 6.45) is 0. The van der Waals surface area contributed by atoms with Crippen molar-refractivity contribution in [2.45, 2.75) is 13.0 Å². The zero-order valence-electron chi connectivity index (χ0n) is 9.34. The van der Waals surface area contributed by atoms with Crippen molar-refractivity contribution in [1.29, 1.82) is 0 Å².